The summed E-state index contributed by atoms with van der Waals surface area (Å²) in [5.41, 5.74) is 2.60. The lowest BCUT2D eigenvalue weighted by Crippen LogP contribution is -2.66. The maximum Gasteiger partial charge on any atom is 0.117 e. The SMILES string of the molecule is Cc1cc(Cl)cc(C2(O)CCOC2)c1N1CC2(COC2)C1. The number of hydrogen-bond donors (Lipinski definition) is 1. The van der Waals surface area contributed by atoms with Crippen molar-refractivity contribution in [3.05, 3.63) is 28.3 Å². The second-order valence-corrected chi connectivity index (χ2v) is 7.24. The number of ether oxygens (including phenoxy) is 2. The fourth-order valence-corrected chi connectivity index (χ4v) is 4.04. The van der Waals surface area contributed by atoms with Crippen molar-refractivity contribution in [1.82, 2.24) is 0 Å². The Balaban J connectivity index is 1.72. The highest BCUT2D eigenvalue weighted by Crippen LogP contribution is 2.46. The van der Waals surface area contributed by atoms with Gasteiger partial charge in [0.15, 0.2) is 0 Å². The minimum Gasteiger partial charge on any atom is -0.383 e. The predicted molar refractivity (Wildman–Crippen MR) is 81.0 cm³/mol. The lowest BCUT2D eigenvalue weighted by molar-refractivity contribution is -0.127. The van der Waals surface area contributed by atoms with E-state index >= 15 is 0 Å². The fraction of sp³-hybridized carbons (Fsp3) is 0.625. The first-order valence-corrected chi connectivity index (χ1v) is 7.83. The van der Waals surface area contributed by atoms with E-state index in [4.69, 9.17) is 21.1 Å². The van der Waals surface area contributed by atoms with Gasteiger partial charge in [0.05, 0.1) is 25.2 Å². The van der Waals surface area contributed by atoms with Crippen LogP contribution in [0.15, 0.2) is 12.1 Å². The Morgan fingerprint density at radius 2 is 1.95 bits per heavy atom. The van der Waals surface area contributed by atoms with Crippen molar-refractivity contribution >= 4 is 17.3 Å². The predicted octanol–water partition coefficient (Wildman–Crippen LogP) is 2.09. The number of aryl methyl sites for hydroxylation is 1. The molecule has 0 saturated carbocycles. The summed E-state index contributed by atoms with van der Waals surface area (Å²) in [6, 6.07) is 3.88. The topological polar surface area (TPSA) is 41.9 Å². The summed E-state index contributed by atoms with van der Waals surface area (Å²) in [6.07, 6.45) is 0.627. The second-order valence-electron chi connectivity index (χ2n) is 6.80. The van der Waals surface area contributed by atoms with Crippen molar-refractivity contribution in [2.75, 3.05) is 44.4 Å². The zero-order chi connectivity index (χ0) is 14.7. The van der Waals surface area contributed by atoms with Crippen molar-refractivity contribution in [2.45, 2.75) is 18.9 Å². The summed E-state index contributed by atoms with van der Waals surface area (Å²) in [6.45, 7) is 6.73. The molecule has 1 N–H and O–H groups in total. The van der Waals surface area contributed by atoms with Gasteiger partial charge in [-0.15, -0.1) is 0 Å². The summed E-state index contributed by atoms with van der Waals surface area (Å²) in [4.78, 5) is 2.35. The molecule has 0 aliphatic carbocycles. The van der Waals surface area contributed by atoms with Crippen molar-refractivity contribution < 1.29 is 14.6 Å². The molecule has 3 saturated heterocycles. The first-order chi connectivity index (χ1) is 10.0. The molecule has 1 spiro atoms. The minimum absolute atomic E-state index is 0.345. The molecule has 5 heteroatoms. The molecule has 0 aromatic heterocycles. The first-order valence-electron chi connectivity index (χ1n) is 7.45. The van der Waals surface area contributed by atoms with Crippen LogP contribution < -0.4 is 4.90 Å². The van der Waals surface area contributed by atoms with Gasteiger partial charge in [0.1, 0.15) is 5.60 Å². The normalized spacial score (nSPS) is 30.3. The van der Waals surface area contributed by atoms with Crippen LogP contribution in [-0.2, 0) is 15.1 Å². The van der Waals surface area contributed by atoms with E-state index in [2.05, 4.69) is 11.8 Å². The number of aliphatic hydroxyl groups is 1. The number of anilines is 1. The molecule has 4 nitrogen and oxygen atoms in total. The summed E-state index contributed by atoms with van der Waals surface area (Å²) < 4.78 is 10.8. The third-order valence-electron chi connectivity index (χ3n) is 4.95. The molecule has 4 rings (SSSR count). The van der Waals surface area contributed by atoms with Crippen LogP contribution in [0.4, 0.5) is 5.69 Å². The van der Waals surface area contributed by atoms with Crippen LogP contribution in [0.5, 0.6) is 0 Å². The van der Waals surface area contributed by atoms with Crippen LogP contribution >= 0.6 is 11.6 Å². The Kier molecular flexibility index (Phi) is 3.02. The van der Waals surface area contributed by atoms with E-state index in [1.54, 1.807) is 0 Å². The Morgan fingerprint density at radius 1 is 1.19 bits per heavy atom. The molecule has 21 heavy (non-hydrogen) atoms. The molecule has 1 aromatic carbocycles. The third kappa shape index (κ3) is 2.08. The number of hydrogen-bond acceptors (Lipinski definition) is 4. The summed E-state index contributed by atoms with van der Waals surface area (Å²) in [5.74, 6) is 0. The number of benzene rings is 1. The second kappa shape index (κ2) is 4.59. The monoisotopic (exact) mass is 309 g/mol. The summed E-state index contributed by atoms with van der Waals surface area (Å²) in [5, 5.41) is 11.6. The maximum absolute atomic E-state index is 10.9. The largest absolute Gasteiger partial charge is 0.383 e. The molecule has 114 valence electrons. The van der Waals surface area contributed by atoms with Crippen LogP contribution in [-0.4, -0.2) is 44.6 Å². The van der Waals surface area contributed by atoms with Gasteiger partial charge >= 0.3 is 0 Å². The number of rotatable bonds is 2. The average molecular weight is 310 g/mol. The van der Waals surface area contributed by atoms with Crippen LogP contribution in [0.3, 0.4) is 0 Å². The van der Waals surface area contributed by atoms with E-state index < -0.39 is 5.60 Å². The van der Waals surface area contributed by atoms with Gasteiger partial charge < -0.3 is 19.5 Å². The quantitative estimate of drug-likeness (QED) is 0.908. The molecule has 3 fully saturated rings. The van der Waals surface area contributed by atoms with Gasteiger partial charge in [-0.2, -0.15) is 0 Å². The van der Waals surface area contributed by atoms with E-state index in [1.165, 1.54) is 0 Å². The molecule has 0 radical (unpaired) electrons. The molecule has 0 amide bonds. The smallest absolute Gasteiger partial charge is 0.117 e. The summed E-state index contributed by atoms with van der Waals surface area (Å²) >= 11 is 6.23. The molecule has 1 atom stereocenters. The van der Waals surface area contributed by atoms with Crippen molar-refractivity contribution in [1.29, 1.82) is 0 Å². The van der Waals surface area contributed by atoms with Crippen LogP contribution in [0, 0.1) is 12.3 Å². The highest BCUT2D eigenvalue weighted by atomic mass is 35.5. The molecule has 1 aromatic rings. The van der Waals surface area contributed by atoms with E-state index in [0.717, 1.165) is 43.1 Å². The lowest BCUT2D eigenvalue weighted by atomic mass is 9.76. The molecular formula is C16H20ClNO3. The molecule has 3 heterocycles. The van der Waals surface area contributed by atoms with Gasteiger partial charge in [-0.25, -0.2) is 0 Å². The van der Waals surface area contributed by atoms with Gasteiger partial charge in [-0.3, -0.25) is 0 Å². The van der Waals surface area contributed by atoms with Crippen LogP contribution in [0.25, 0.3) is 0 Å². The molecule has 3 aliphatic rings. The van der Waals surface area contributed by atoms with Gasteiger partial charge in [-0.05, 0) is 24.6 Å². The van der Waals surface area contributed by atoms with Crippen molar-refractivity contribution in [3.63, 3.8) is 0 Å². The Labute approximate surface area is 129 Å². The van der Waals surface area contributed by atoms with Crippen molar-refractivity contribution in [3.8, 4) is 0 Å². The number of halogens is 1. The zero-order valence-corrected chi connectivity index (χ0v) is 12.9. The third-order valence-corrected chi connectivity index (χ3v) is 5.17. The fourth-order valence-electron chi connectivity index (χ4n) is 3.77. The Hall–Kier alpha value is -0.810. The van der Waals surface area contributed by atoms with Crippen molar-refractivity contribution in [2.24, 2.45) is 5.41 Å². The lowest BCUT2D eigenvalue weighted by Gasteiger charge is -2.57. The molecule has 3 aliphatic heterocycles. The van der Waals surface area contributed by atoms with Gasteiger partial charge in [0.25, 0.3) is 0 Å². The molecular weight excluding hydrogens is 290 g/mol. The van der Waals surface area contributed by atoms with Crippen LogP contribution in [0.1, 0.15) is 17.5 Å². The van der Waals surface area contributed by atoms with Gasteiger partial charge in [0, 0.05) is 42.4 Å². The zero-order valence-electron chi connectivity index (χ0n) is 12.2. The maximum atomic E-state index is 10.9. The Bertz CT molecular complexity index is 571. The van der Waals surface area contributed by atoms with E-state index in [0.29, 0.717) is 30.1 Å². The standard InChI is InChI=1S/C16H20ClNO3/c1-11-4-12(17)5-13(16(19)2-3-20-10-16)14(11)18-6-15(7-18)8-21-9-15/h4-5,19H,2-3,6-10H2,1H3. The van der Waals surface area contributed by atoms with E-state index in [9.17, 15) is 5.11 Å². The average Bonchev–Trinajstić information content (AvgIpc) is 2.75. The van der Waals surface area contributed by atoms with E-state index in [1.807, 2.05) is 12.1 Å². The summed E-state index contributed by atoms with van der Waals surface area (Å²) in [7, 11) is 0. The minimum atomic E-state index is -0.913. The first kappa shape index (κ1) is 13.8. The Morgan fingerprint density at radius 3 is 2.52 bits per heavy atom. The van der Waals surface area contributed by atoms with Crippen LogP contribution in [0.2, 0.25) is 5.02 Å². The van der Waals surface area contributed by atoms with E-state index in [-0.39, 0.29) is 0 Å². The van der Waals surface area contributed by atoms with Gasteiger partial charge in [0.2, 0.25) is 0 Å². The van der Waals surface area contributed by atoms with Gasteiger partial charge in [-0.1, -0.05) is 11.6 Å². The highest BCUT2D eigenvalue weighted by molar-refractivity contribution is 6.30. The molecule has 1 unspecified atom stereocenters. The number of nitrogens with zero attached hydrogens (tertiary/aromatic N) is 1. The highest BCUT2D eigenvalue weighted by Gasteiger charge is 2.50. The molecule has 0 bridgehead atoms.